The Labute approximate surface area is 149 Å². The van der Waals surface area contributed by atoms with E-state index in [0.717, 1.165) is 24.6 Å². The largest absolute Gasteiger partial charge is 0.327 e. The van der Waals surface area contributed by atoms with Crippen LogP contribution in [0.3, 0.4) is 0 Å². The smallest absolute Gasteiger partial charge is 0.273 e. The van der Waals surface area contributed by atoms with Crippen molar-refractivity contribution in [3.8, 4) is 0 Å². The molecule has 0 unspecified atom stereocenters. The third-order valence-corrected chi connectivity index (χ3v) is 5.04. The summed E-state index contributed by atoms with van der Waals surface area (Å²) in [6.07, 6.45) is 1.95. The molecule has 0 aliphatic carbocycles. The van der Waals surface area contributed by atoms with Crippen LogP contribution in [-0.2, 0) is 13.1 Å². The Morgan fingerprint density at radius 2 is 2.12 bits per heavy atom. The lowest BCUT2D eigenvalue weighted by atomic mass is 10.1. The number of aromatic nitrogens is 3. The fourth-order valence-electron chi connectivity index (χ4n) is 3.21. The average molecular weight is 341 g/mol. The summed E-state index contributed by atoms with van der Waals surface area (Å²) in [5.41, 5.74) is 2.57. The van der Waals surface area contributed by atoms with Gasteiger partial charge in [-0.1, -0.05) is 6.07 Å². The third kappa shape index (κ3) is 3.44. The highest BCUT2D eigenvalue weighted by molar-refractivity contribution is 5.92. The van der Waals surface area contributed by atoms with Gasteiger partial charge in [0, 0.05) is 37.6 Å². The van der Waals surface area contributed by atoms with E-state index >= 15 is 0 Å². The summed E-state index contributed by atoms with van der Waals surface area (Å²) >= 11 is 0. The van der Waals surface area contributed by atoms with Crippen LogP contribution in [0.1, 0.15) is 54.5 Å². The fraction of sp³-hybridized carbons (Fsp3) is 0.526. The van der Waals surface area contributed by atoms with Gasteiger partial charge in [0.25, 0.3) is 5.91 Å². The first-order valence-electron chi connectivity index (χ1n) is 8.87. The Morgan fingerprint density at radius 1 is 1.36 bits per heavy atom. The van der Waals surface area contributed by atoms with E-state index in [1.54, 1.807) is 6.07 Å². The zero-order valence-electron chi connectivity index (χ0n) is 15.7. The first kappa shape index (κ1) is 17.6. The monoisotopic (exact) mass is 341 g/mol. The van der Waals surface area contributed by atoms with Crippen molar-refractivity contribution >= 4 is 5.91 Å². The highest BCUT2D eigenvalue weighted by atomic mass is 16.2. The number of nitrogens with zero attached hydrogens (tertiary/aromatic N) is 5. The number of pyridine rings is 1. The first-order chi connectivity index (χ1) is 11.9. The van der Waals surface area contributed by atoms with Gasteiger partial charge in [0.2, 0.25) is 0 Å². The highest BCUT2D eigenvalue weighted by Crippen LogP contribution is 2.27. The third-order valence-electron chi connectivity index (χ3n) is 5.04. The van der Waals surface area contributed by atoms with Gasteiger partial charge in [-0.15, -0.1) is 0 Å². The summed E-state index contributed by atoms with van der Waals surface area (Å²) in [6, 6.07) is 6.00. The summed E-state index contributed by atoms with van der Waals surface area (Å²) in [7, 11) is 2.12. The van der Waals surface area contributed by atoms with E-state index in [2.05, 4.69) is 40.3 Å². The molecule has 6 heteroatoms. The van der Waals surface area contributed by atoms with Crippen LogP contribution in [0.2, 0.25) is 0 Å². The molecule has 0 bridgehead atoms. The number of aryl methyl sites for hydroxylation is 1. The molecule has 2 aromatic heterocycles. The van der Waals surface area contributed by atoms with Gasteiger partial charge in [0.1, 0.15) is 11.5 Å². The van der Waals surface area contributed by atoms with Gasteiger partial charge >= 0.3 is 0 Å². The highest BCUT2D eigenvalue weighted by Gasteiger charge is 2.31. The lowest BCUT2D eigenvalue weighted by Gasteiger charge is -2.34. The van der Waals surface area contributed by atoms with E-state index in [9.17, 15) is 4.79 Å². The van der Waals surface area contributed by atoms with E-state index in [-0.39, 0.29) is 11.9 Å². The molecule has 0 spiro atoms. The zero-order valence-corrected chi connectivity index (χ0v) is 15.7. The lowest BCUT2D eigenvalue weighted by Crippen LogP contribution is -2.42. The van der Waals surface area contributed by atoms with Crippen molar-refractivity contribution < 1.29 is 4.79 Å². The molecule has 1 amide bonds. The molecule has 1 aliphatic heterocycles. The Morgan fingerprint density at radius 3 is 2.80 bits per heavy atom. The van der Waals surface area contributed by atoms with Crippen LogP contribution in [0.5, 0.6) is 0 Å². The predicted octanol–water partition coefficient (Wildman–Crippen LogP) is 2.64. The maximum atomic E-state index is 12.9. The fourth-order valence-corrected chi connectivity index (χ4v) is 3.21. The number of carbonyl (C=O) groups excluding carboxylic acids is 1. The summed E-state index contributed by atoms with van der Waals surface area (Å²) in [4.78, 5) is 26.0. The van der Waals surface area contributed by atoms with E-state index < -0.39 is 0 Å². The van der Waals surface area contributed by atoms with Crippen LogP contribution in [-0.4, -0.2) is 49.9 Å². The van der Waals surface area contributed by atoms with Crippen LogP contribution in [0.25, 0.3) is 0 Å². The molecular weight excluding hydrogens is 314 g/mol. The standard InChI is InChI=1S/C19H27N5O/c1-13(2)22(5)12-16-11-20-18-15(4)23(9-10-24(16)18)19(25)17-8-6-7-14(3)21-17/h6-8,11,13,15H,9-10,12H2,1-5H3/t15-/m0/s1. The van der Waals surface area contributed by atoms with Crippen molar-refractivity contribution in [3.63, 3.8) is 0 Å². The lowest BCUT2D eigenvalue weighted by molar-refractivity contribution is 0.0628. The summed E-state index contributed by atoms with van der Waals surface area (Å²) < 4.78 is 2.26. The molecule has 134 valence electrons. The second-order valence-corrected chi connectivity index (χ2v) is 7.11. The van der Waals surface area contributed by atoms with E-state index in [1.807, 2.05) is 37.1 Å². The quantitative estimate of drug-likeness (QED) is 0.858. The maximum Gasteiger partial charge on any atom is 0.273 e. The number of hydrogen-bond acceptors (Lipinski definition) is 4. The number of amides is 1. The molecule has 0 radical (unpaired) electrons. The predicted molar refractivity (Wildman–Crippen MR) is 97.3 cm³/mol. The summed E-state index contributed by atoms with van der Waals surface area (Å²) in [5, 5.41) is 0. The molecular formula is C19H27N5O. The van der Waals surface area contributed by atoms with Crippen molar-refractivity contribution in [3.05, 3.63) is 47.3 Å². The average Bonchev–Trinajstić information content (AvgIpc) is 2.98. The van der Waals surface area contributed by atoms with Gasteiger partial charge in [-0.3, -0.25) is 9.69 Å². The topological polar surface area (TPSA) is 54.3 Å². The van der Waals surface area contributed by atoms with Crippen molar-refractivity contribution in [1.29, 1.82) is 0 Å². The second-order valence-electron chi connectivity index (χ2n) is 7.11. The van der Waals surface area contributed by atoms with Crippen LogP contribution >= 0.6 is 0 Å². The molecule has 1 aliphatic rings. The zero-order chi connectivity index (χ0) is 18.1. The van der Waals surface area contributed by atoms with Crippen LogP contribution in [0.15, 0.2) is 24.4 Å². The molecule has 3 heterocycles. The molecule has 0 fully saturated rings. The van der Waals surface area contributed by atoms with Crippen LogP contribution in [0.4, 0.5) is 0 Å². The Hall–Kier alpha value is -2.21. The number of hydrogen-bond donors (Lipinski definition) is 0. The molecule has 3 rings (SSSR count). The van der Waals surface area contributed by atoms with E-state index in [1.165, 1.54) is 5.69 Å². The molecule has 0 saturated carbocycles. The van der Waals surface area contributed by atoms with Crippen molar-refractivity contribution in [2.45, 2.75) is 52.9 Å². The van der Waals surface area contributed by atoms with Gasteiger partial charge in [0.15, 0.2) is 0 Å². The molecule has 2 aromatic rings. The Balaban J connectivity index is 1.81. The number of rotatable bonds is 4. The molecule has 0 saturated heterocycles. The molecule has 0 aromatic carbocycles. The maximum absolute atomic E-state index is 12.9. The van der Waals surface area contributed by atoms with E-state index in [4.69, 9.17) is 0 Å². The molecule has 0 N–H and O–H groups in total. The van der Waals surface area contributed by atoms with Crippen molar-refractivity contribution in [1.82, 2.24) is 24.3 Å². The number of fused-ring (bicyclic) bond motifs is 1. The first-order valence-corrected chi connectivity index (χ1v) is 8.87. The normalized spacial score (nSPS) is 17.2. The number of imidazole rings is 1. The Bertz CT molecular complexity index is 767. The van der Waals surface area contributed by atoms with Crippen molar-refractivity contribution in [2.24, 2.45) is 0 Å². The van der Waals surface area contributed by atoms with Gasteiger partial charge in [-0.05, 0) is 46.9 Å². The molecule has 25 heavy (non-hydrogen) atoms. The van der Waals surface area contributed by atoms with Crippen LogP contribution in [0, 0.1) is 6.92 Å². The van der Waals surface area contributed by atoms with Gasteiger partial charge in [0.05, 0.1) is 11.7 Å². The summed E-state index contributed by atoms with van der Waals surface area (Å²) in [5.74, 6) is 0.936. The van der Waals surface area contributed by atoms with Gasteiger partial charge in [-0.2, -0.15) is 0 Å². The minimum absolute atomic E-state index is 0.0219. The minimum atomic E-state index is -0.0540. The minimum Gasteiger partial charge on any atom is -0.327 e. The molecule has 1 atom stereocenters. The second kappa shape index (κ2) is 6.96. The molecule has 6 nitrogen and oxygen atoms in total. The van der Waals surface area contributed by atoms with E-state index in [0.29, 0.717) is 18.3 Å². The van der Waals surface area contributed by atoms with Crippen LogP contribution < -0.4 is 0 Å². The van der Waals surface area contributed by atoms with Crippen molar-refractivity contribution in [2.75, 3.05) is 13.6 Å². The van der Waals surface area contributed by atoms with Gasteiger partial charge < -0.3 is 9.47 Å². The summed E-state index contributed by atoms with van der Waals surface area (Å²) in [6.45, 7) is 10.6. The SMILES string of the molecule is Cc1cccc(C(=O)N2CCn3c(CN(C)C(C)C)cnc3[C@@H]2C)n1. The Kier molecular flexibility index (Phi) is 4.90. The number of carbonyl (C=O) groups is 1. The van der Waals surface area contributed by atoms with Gasteiger partial charge in [-0.25, -0.2) is 9.97 Å².